The Bertz CT molecular complexity index is 868. The largest absolute Gasteiger partial charge is 0.486 e. The number of aromatic nitrogens is 2. The molecule has 5 heteroatoms. The van der Waals surface area contributed by atoms with Crippen molar-refractivity contribution in [2.45, 2.75) is 19.8 Å². The summed E-state index contributed by atoms with van der Waals surface area (Å²) in [6.45, 7) is 3.92. The van der Waals surface area contributed by atoms with E-state index in [1.807, 2.05) is 12.1 Å². The Hall–Kier alpha value is -2.53. The van der Waals surface area contributed by atoms with E-state index in [4.69, 9.17) is 20.2 Å². The third-order valence-electron chi connectivity index (χ3n) is 4.34. The lowest BCUT2D eigenvalue weighted by molar-refractivity contribution is 0.173. The van der Waals surface area contributed by atoms with Gasteiger partial charge in [-0.25, -0.2) is 4.98 Å². The number of hydrogen-bond acceptors (Lipinski definition) is 4. The van der Waals surface area contributed by atoms with Gasteiger partial charge >= 0.3 is 0 Å². The fraction of sp³-hybridized carbons (Fsp3) is 0.316. The summed E-state index contributed by atoms with van der Waals surface area (Å²) in [6, 6.07) is 12.4. The Morgan fingerprint density at radius 2 is 1.88 bits per heavy atom. The SMILES string of the molecule is CCc1nc2ccc3c(c2n1-c1ccc(CCN)cc1)OCCO3. The molecular weight excluding hydrogens is 302 g/mol. The van der Waals surface area contributed by atoms with Gasteiger partial charge in [0, 0.05) is 12.1 Å². The van der Waals surface area contributed by atoms with E-state index in [9.17, 15) is 0 Å². The van der Waals surface area contributed by atoms with Crippen molar-refractivity contribution in [2.24, 2.45) is 5.73 Å². The summed E-state index contributed by atoms with van der Waals surface area (Å²) in [5, 5.41) is 0. The van der Waals surface area contributed by atoms with Crippen molar-refractivity contribution in [3.63, 3.8) is 0 Å². The number of nitrogens with two attached hydrogens (primary N) is 1. The van der Waals surface area contributed by atoms with Crippen LogP contribution >= 0.6 is 0 Å². The predicted molar refractivity (Wildman–Crippen MR) is 94.2 cm³/mol. The maximum absolute atomic E-state index is 5.92. The minimum atomic E-state index is 0.564. The molecule has 0 atom stereocenters. The van der Waals surface area contributed by atoms with E-state index in [0.717, 1.165) is 46.9 Å². The van der Waals surface area contributed by atoms with Crippen LogP contribution in [0.5, 0.6) is 11.5 Å². The molecule has 0 radical (unpaired) electrons. The van der Waals surface area contributed by atoms with Crippen LogP contribution in [0.15, 0.2) is 36.4 Å². The Morgan fingerprint density at radius 1 is 1.08 bits per heavy atom. The molecule has 3 aromatic rings. The molecule has 0 amide bonds. The number of imidazole rings is 1. The summed E-state index contributed by atoms with van der Waals surface area (Å²) in [5.74, 6) is 2.59. The monoisotopic (exact) mass is 323 g/mol. The summed E-state index contributed by atoms with van der Waals surface area (Å²) >= 11 is 0. The average Bonchev–Trinajstić information content (AvgIpc) is 3.02. The minimum absolute atomic E-state index is 0.564. The highest BCUT2D eigenvalue weighted by Crippen LogP contribution is 2.39. The lowest BCUT2D eigenvalue weighted by Crippen LogP contribution is -2.16. The highest BCUT2D eigenvalue weighted by Gasteiger charge is 2.21. The highest BCUT2D eigenvalue weighted by molar-refractivity contribution is 5.87. The molecule has 1 aliphatic rings. The maximum atomic E-state index is 5.92. The van der Waals surface area contributed by atoms with E-state index in [2.05, 4.69) is 35.8 Å². The van der Waals surface area contributed by atoms with Gasteiger partial charge < -0.3 is 15.2 Å². The van der Waals surface area contributed by atoms with Crippen molar-refractivity contribution in [1.29, 1.82) is 0 Å². The molecule has 0 unspecified atom stereocenters. The Labute approximate surface area is 141 Å². The molecule has 4 rings (SSSR count). The Balaban J connectivity index is 1.92. The highest BCUT2D eigenvalue weighted by atomic mass is 16.6. The molecule has 1 aliphatic heterocycles. The van der Waals surface area contributed by atoms with E-state index in [0.29, 0.717) is 19.8 Å². The molecule has 0 spiro atoms. The fourth-order valence-electron chi connectivity index (χ4n) is 3.21. The van der Waals surface area contributed by atoms with Crippen LogP contribution in [-0.2, 0) is 12.8 Å². The zero-order valence-electron chi connectivity index (χ0n) is 13.8. The molecule has 24 heavy (non-hydrogen) atoms. The van der Waals surface area contributed by atoms with E-state index in [1.54, 1.807) is 0 Å². The molecule has 0 fully saturated rings. The zero-order valence-corrected chi connectivity index (χ0v) is 13.8. The quantitative estimate of drug-likeness (QED) is 0.802. The number of rotatable bonds is 4. The second kappa shape index (κ2) is 6.17. The molecule has 1 aromatic heterocycles. The van der Waals surface area contributed by atoms with E-state index < -0.39 is 0 Å². The molecular formula is C19H21N3O2. The smallest absolute Gasteiger partial charge is 0.187 e. The van der Waals surface area contributed by atoms with Gasteiger partial charge in [-0.15, -0.1) is 0 Å². The molecule has 2 aromatic carbocycles. The second-order valence-electron chi connectivity index (χ2n) is 5.88. The summed E-state index contributed by atoms with van der Waals surface area (Å²) in [5.41, 5.74) is 9.88. The normalized spacial score (nSPS) is 13.4. The molecule has 2 heterocycles. The van der Waals surface area contributed by atoms with Gasteiger partial charge in [0.25, 0.3) is 0 Å². The standard InChI is InChI=1S/C19H21N3O2/c1-2-17-21-15-7-8-16-19(24-12-11-23-16)18(15)22(17)14-5-3-13(4-6-14)9-10-20/h3-8H,2,9-12,20H2,1H3. The third kappa shape index (κ3) is 2.41. The van der Waals surface area contributed by atoms with Gasteiger partial charge in [0.05, 0.1) is 5.52 Å². The van der Waals surface area contributed by atoms with Gasteiger partial charge in [-0.2, -0.15) is 0 Å². The molecule has 0 aliphatic carbocycles. The molecule has 0 saturated carbocycles. The van der Waals surface area contributed by atoms with Crippen LogP contribution in [0.3, 0.4) is 0 Å². The summed E-state index contributed by atoms with van der Waals surface area (Å²) in [7, 11) is 0. The second-order valence-corrected chi connectivity index (χ2v) is 5.88. The maximum Gasteiger partial charge on any atom is 0.187 e. The number of benzene rings is 2. The summed E-state index contributed by atoms with van der Waals surface area (Å²) in [6.07, 6.45) is 1.73. The molecule has 124 valence electrons. The van der Waals surface area contributed by atoms with Crippen molar-refractivity contribution < 1.29 is 9.47 Å². The van der Waals surface area contributed by atoms with Crippen molar-refractivity contribution >= 4 is 11.0 Å². The van der Waals surface area contributed by atoms with Gasteiger partial charge in [0.15, 0.2) is 11.5 Å². The first-order valence-electron chi connectivity index (χ1n) is 8.41. The van der Waals surface area contributed by atoms with E-state index >= 15 is 0 Å². The van der Waals surface area contributed by atoms with Crippen molar-refractivity contribution in [2.75, 3.05) is 19.8 Å². The van der Waals surface area contributed by atoms with Gasteiger partial charge in [-0.05, 0) is 42.8 Å². The summed E-state index contributed by atoms with van der Waals surface area (Å²) in [4.78, 5) is 4.78. The number of ether oxygens (including phenoxy) is 2. The van der Waals surface area contributed by atoms with Crippen LogP contribution in [0, 0.1) is 0 Å². The molecule has 0 saturated heterocycles. The number of nitrogens with zero attached hydrogens (tertiary/aromatic N) is 2. The van der Waals surface area contributed by atoms with Gasteiger partial charge in [-0.3, -0.25) is 4.57 Å². The van der Waals surface area contributed by atoms with Crippen LogP contribution in [0.2, 0.25) is 0 Å². The lowest BCUT2D eigenvalue weighted by Gasteiger charge is -2.20. The van der Waals surface area contributed by atoms with Gasteiger partial charge in [0.1, 0.15) is 24.6 Å². The lowest BCUT2D eigenvalue weighted by atomic mass is 10.1. The first-order chi connectivity index (χ1) is 11.8. The van der Waals surface area contributed by atoms with Gasteiger partial charge in [0.2, 0.25) is 0 Å². The van der Waals surface area contributed by atoms with E-state index in [1.165, 1.54) is 5.56 Å². The molecule has 0 bridgehead atoms. The van der Waals surface area contributed by atoms with Crippen LogP contribution in [0.1, 0.15) is 18.3 Å². The summed E-state index contributed by atoms with van der Waals surface area (Å²) < 4.78 is 13.8. The minimum Gasteiger partial charge on any atom is -0.486 e. The fourth-order valence-corrected chi connectivity index (χ4v) is 3.21. The topological polar surface area (TPSA) is 62.3 Å². The van der Waals surface area contributed by atoms with E-state index in [-0.39, 0.29) is 0 Å². The van der Waals surface area contributed by atoms with Crippen LogP contribution in [0.4, 0.5) is 0 Å². The van der Waals surface area contributed by atoms with Crippen LogP contribution in [-0.4, -0.2) is 29.3 Å². The zero-order chi connectivity index (χ0) is 16.5. The Kier molecular flexibility index (Phi) is 3.86. The van der Waals surface area contributed by atoms with Crippen molar-refractivity contribution in [3.05, 3.63) is 47.8 Å². The first kappa shape index (κ1) is 15.0. The number of hydrogen-bond donors (Lipinski definition) is 1. The molecule has 5 nitrogen and oxygen atoms in total. The predicted octanol–water partition coefficient (Wildman–Crippen LogP) is 2.86. The van der Waals surface area contributed by atoms with Crippen LogP contribution in [0.25, 0.3) is 16.7 Å². The van der Waals surface area contributed by atoms with Gasteiger partial charge in [-0.1, -0.05) is 19.1 Å². The average molecular weight is 323 g/mol. The number of aryl methyl sites for hydroxylation is 1. The number of fused-ring (bicyclic) bond motifs is 3. The van der Waals surface area contributed by atoms with Crippen molar-refractivity contribution in [3.8, 4) is 17.2 Å². The van der Waals surface area contributed by atoms with Crippen LogP contribution < -0.4 is 15.2 Å². The Morgan fingerprint density at radius 3 is 2.62 bits per heavy atom. The molecule has 2 N–H and O–H groups in total. The van der Waals surface area contributed by atoms with Crippen molar-refractivity contribution in [1.82, 2.24) is 9.55 Å². The third-order valence-corrected chi connectivity index (χ3v) is 4.34. The first-order valence-corrected chi connectivity index (χ1v) is 8.41.